The molecule has 1 rings (SSSR count). The van der Waals surface area contributed by atoms with Crippen molar-refractivity contribution in [2.24, 2.45) is 0 Å². The van der Waals surface area contributed by atoms with Gasteiger partial charge in [0.25, 0.3) is 5.91 Å². The van der Waals surface area contributed by atoms with Crippen LogP contribution in [0.4, 0.5) is 8.78 Å². The van der Waals surface area contributed by atoms with E-state index in [1.54, 1.807) is 0 Å². The van der Waals surface area contributed by atoms with Gasteiger partial charge in [0.05, 0.1) is 18.8 Å². The molecule has 2 N–H and O–H groups in total. The molecule has 1 fully saturated rings. The number of carbonyl (C=O) groups is 1. The first-order chi connectivity index (χ1) is 6.09. The van der Waals surface area contributed by atoms with Gasteiger partial charge in [0, 0.05) is 6.61 Å². The van der Waals surface area contributed by atoms with E-state index in [-0.39, 0.29) is 13.2 Å². The van der Waals surface area contributed by atoms with Crippen LogP contribution in [0.2, 0.25) is 0 Å². The molecule has 0 aromatic carbocycles. The standard InChI is InChI=1S/C7H11F2NO3/c8-5(9)6(12)10-7(3-11)1-2-13-4-7/h5,11H,1-4H2,(H,10,12). The monoisotopic (exact) mass is 195 g/mol. The third kappa shape index (κ3) is 2.35. The van der Waals surface area contributed by atoms with Crippen LogP contribution in [-0.4, -0.2) is 42.8 Å². The summed E-state index contributed by atoms with van der Waals surface area (Å²) in [5, 5.41) is 11.0. The van der Waals surface area contributed by atoms with Gasteiger partial charge in [-0.2, -0.15) is 8.78 Å². The average molecular weight is 195 g/mol. The molecule has 1 atom stereocenters. The minimum atomic E-state index is -3.05. The Morgan fingerprint density at radius 3 is 2.77 bits per heavy atom. The van der Waals surface area contributed by atoms with E-state index in [0.717, 1.165) is 0 Å². The summed E-state index contributed by atoms with van der Waals surface area (Å²) >= 11 is 0. The molecule has 0 aromatic rings. The summed E-state index contributed by atoms with van der Waals surface area (Å²) in [7, 11) is 0. The van der Waals surface area contributed by atoms with E-state index in [9.17, 15) is 13.6 Å². The van der Waals surface area contributed by atoms with Gasteiger partial charge >= 0.3 is 6.43 Å². The zero-order valence-corrected chi connectivity index (χ0v) is 6.93. The molecule has 0 aliphatic carbocycles. The Labute approximate surface area is 73.9 Å². The second kappa shape index (κ2) is 3.97. The number of aliphatic hydroxyl groups is 1. The smallest absolute Gasteiger partial charge is 0.315 e. The topological polar surface area (TPSA) is 58.6 Å². The van der Waals surface area contributed by atoms with Crippen LogP contribution >= 0.6 is 0 Å². The summed E-state index contributed by atoms with van der Waals surface area (Å²) in [6, 6.07) is 0. The maximum absolute atomic E-state index is 11.9. The zero-order valence-electron chi connectivity index (χ0n) is 6.93. The SMILES string of the molecule is O=C(NC1(CO)CCOC1)C(F)F. The first-order valence-corrected chi connectivity index (χ1v) is 3.88. The van der Waals surface area contributed by atoms with Crippen LogP contribution in [0.1, 0.15) is 6.42 Å². The van der Waals surface area contributed by atoms with Crippen LogP contribution in [0.25, 0.3) is 0 Å². The quantitative estimate of drug-likeness (QED) is 0.639. The zero-order chi connectivity index (χ0) is 9.90. The lowest BCUT2D eigenvalue weighted by molar-refractivity contribution is -0.134. The van der Waals surface area contributed by atoms with Gasteiger partial charge in [-0.3, -0.25) is 4.79 Å². The number of hydrogen-bond donors (Lipinski definition) is 2. The average Bonchev–Trinajstić information content (AvgIpc) is 2.54. The molecule has 76 valence electrons. The van der Waals surface area contributed by atoms with Crippen molar-refractivity contribution in [3.05, 3.63) is 0 Å². The molecule has 0 saturated carbocycles. The highest BCUT2D eigenvalue weighted by Gasteiger charge is 2.37. The number of amides is 1. The Morgan fingerprint density at radius 1 is 1.69 bits per heavy atom. The van der Waals surface area contributed by atoms with Gasteiger partial charge in [-0.1, -0.05) is 0 Å². The van der Waals surface area contributed by atoms with Crippen molar-refractivity contribution >= 4 is 5.91 Å². The van der Waals surface area contributed by atoms with Crippen LogP contribution in [0.5, 0.6) is 0 Å². The number of carbonyl (C=O) groups excluding carboxylic acids is 1. The van der Waals surface area contributed by atoms with Crippen molar-refractivity contribution in [1.29, 1.82) is 0 Å². The predicted octanol–water partition coefficient (Wildman–Crippen LogP) is -0.481. The number of halogens is 2. The highest BCUT2D eigenvalue weighted by atomic mass is 19.3. The van der Waals surface area contributed by atoms with Crippen molar-refractivity contribution in [3.63, 3.8) is 0 Å². The molecule has 0 radical (unpaired) electrons. The van der Waals surface area contributed by atoms with Crippen LogP contribution < -0.4 is 5.32 Å². The molecule has 4 nitrogen and oxygen atoms in total. The molecule has 1 heterocycles. The van der Waals surface area contributed by atoms with Gasteiger partial charge < -0.3 is 15.2 Å². The fraction of sp³-hybridized carbons (Fsp3) is 0.857. The number of rotatable bonds is 3. The van der Waals surface area contributed by atoms with Crippen molar-refractivity contribution in [3.8, 4) is 0 Å². The van der Waals surface area contributed by atoms with E-state index < -0.39 is 17.9 Å². The number of aliphatic hydroxyl groups excluding tert-OH is 1. The highest BCUT2D eigenvalue weighted by Crippen LogP contribution is 2.18. The second-order valence-electron chi connectivity index (χ2n) is 3.03. The summed E-state index contributed by atoms with van der Waals surface area (Å²) < 4.78 is 28.6. The van der Waals surface area contributed by atoms with Gasteiger partial charge in [-0.25, -0.2) is 0 Å². The number of alkyl halides is 2. The Bertz CT molecular complexity index is 192. The lowest BCUT2D eigenvalue weighted by Crippen LogP contribution is -2.53. The molecule has 0 spiro atoms. The fourth-order valence-corrected chi connectivity index (χ4v) is 1.19. The van der Waals surface area contributed by atoms with Crippen molar-refractivity contribution in [1.82, 2.24) is 5.32 Å². The third-order valence-corrected chi connectivity index (χ3v) is 1.99. The summed E-state index contributed by atoms with van der Waals surface area (Å²) in [5.41, 5.74) is -1.01. The van der Waals surface area contributed by atoms with Crippen molar-refractivity contribution in [2.75, 3.05) is 19.8 Å². The molecule has 0 aromatic heterocycles. The van der Waals surface area contributed by atoms with Crippen LogP contribution in [0.3, 0.4) is 0 Å². The van der Waals surface area contributed by atoms with E-state index >= 15 is 0 Å². The van der Waals surface area contributed by atoms with E-state index in [4.69, 9.17) is 9.84 Å². The first-order valence-electron chi connectivity index (χ1n) is 3.88. The summed E-state index contributed by atoms with van der Waals surface area (Å²) in [6.07, 6.45) is -2.69. The van der Waals surface area contributed by atoms with Crippen molar-refractivity contribution in [2.45, 2.75) is 18.4 Å². The number of nitrogens with one attached hydrogen (secondary N) is 1. The number of ether oxygens (including phenoxy) is 1. The maximum Gasteiger partial charge on any atom is 0.315 e. The summed E-state index contributed by atoms with van der Waals surface area (Å²) in [4.78, 5) is 10.6. The largest absolute Gasteiger partial charge is 0.394 e. The fourth-order valence-electron chi connectivity index (χ4n) is 1.19. The normalized spacial score (nSPS) is 28.0. The lowest BCUT2D eigenvalue weighted by Gasteiger charge is -2.25. The van der Waals surface area contributed by atoms with E-state index in [0.29, 0.717) is 13.0 Å². The lowest BCUT2D eigenvalue weighted by atomic mass is 10.0. The Kier molecular flexibility index (Phi) is 3.16. The van der Waals surface area contributed by atoms with Gasteiger partial charge in [0.1, 0.15) is 0 Å². The third-order valence-electron chi connectivity index (χ3n) is 1.99. The van der Waals surface area contributed by atoms with Gasteiger partial charge in [-0.15, -0.1) is 0 Å². The summed E-state index contributed by atoms with van der Waals surface area (Å²) in [5.74, 6) is -1.36. The van der Waals surface area contributed by atoms with Crippen LogP contribution in [-0.2, 0) is 9.53 Å². The Hall–Kier alpha value is -0.750. The molecular weight excluding hydrogens is 184 g/mol. The van der Waals surface area contributed by atoms with E-state index in [1.165, 1.54) is 0 Å². The molecule has 1 unspecified atom stereocenters. The van der Waals surface area contributed by atoms with Crippen LogP contribution in [0.15, 0.2) is 0 Å². The van der Waals surface area contributed by atoms with Gasteiger partial charge in [0.2, 0.25) is 0 Å². The Morgan fingerprint density at radius 2 is 2.38 bits per heavy atom. The molecule has 1 amide bonds. The molecule has 1 aliphatic heterocycles. The molecular formula is C7H11F2NO3. The van der Waals surface area contributed by atoms with Crippen molar-refractivity contribution < 1.29 is 23.4 Å². The Balaban J connectivity index is 2.53. The highest BCUT2D eigenvalue weighted by molar-refractivity contribution is 5.80. The van der Waals surface area contributed by atoms with Crippen LogP contribution in [0, 0.1) is 0 Å². The molecule has 1 aliphatic rings. The minimum Gasteiger partial charge on any atom is -0.394 e. The molecule has 1 saturated heterocycles. The molecule has 0 bridgehead atoms. The summed E-state index contributed by atoms with van der Waals surface area (Å²) in [6.45, 7) is 0.0670. The first kappa shape index (κ1) is 10.3. The minimum absolute atomic E-state index is 0.0853. The van der Waals surface area contributed by atoms with E-state index in [1.807, 2.05) is 0 Å². The van der Waals surface area contributed by atoms with Gasteiger partial charge in [0.15, 0.2) is 0 Å². The molecule has 13 heavy (non-hydrogen) atoms. The number of hydrogen-bond acceptors (Lipinski definition) is 3. The maximum atomic E-state index is 11.9. The predicted molar refractivity (Wildman–Crippen MR) is 39.4 cm³/mol. The van der Waals surface area contributed by atoms with Gasteiger partial charge in [-0.05, 0) is 6.42 Å². The van der Waals surface area contributed by atoms with E-state index in [2.05, 4.69) is 5.32 Å². The second-order valence-corrected chi connectivity index (χ2v) is 3.03. The molecule has 6 heteroatoms.